The van der Waals surface area contributed by atoms with Crippen molar-refractivity contribution in [1.82, 2.24) is 14.5 Å². The number of fused-ring (bicyclic) bond motifs is 1. The van der Waals surface area contributed by atoms with Crippen LogP contribution in [0.5, 0.6) is 0 Å². The molecule has 0 saturated carbocycles. The molecule has 3 nitrogen and oxygen atoms in total. The first-order valence-corrected chi connectivity index (χ1v) is 7.46. The van der Waals surface area contributed by atoms with Gasteiger partial charge in [0.25, 0.3) is 0 Å². The average Bonchev–Trinajstić information content (AvgIpc) is 3.04. The summed E-state index contributed by atoms with van der Waals surface area (Å²) in [6.07, 6.45) is 5.16. The highest BCUT2D eigenvalue weighted by atomic mass is 15.2. The van der Waals surface area contributed by atoms with Gasteiger partial charge in [0, 0.05) is 37.8 Å². The molecule has 1 atom stereocenters. The van der Waals surface area contributed by atoms with E-state index < -0.39 is 0 Å². The summed E-state index contributed by atoms with van der Waals surface area (Å²) in [7, 11) is 0. The van der Waals surface area contributed by atoms with Crippen molar-refractivity contribution in [2.45, 2.75) is 52.4 Å². The first-order valence-electron chi connectivity index (χ1n) is 7.46. The van der Waals surface area contributed by atoms with Crippen LogP contribution in [0, 0.1) is 0 Å². The molecule has 3 heteroatoms. The second-order valence-corrected chi connectivity index (χ2v) is 6.13. The third-order valence-corrected chi connectivity index (χ3v) is 4.24. The minimum atomic E-state index is 0.489. The number of hydrogen-bond donors (Lipinski definition) is 0. The predicted molar refractivity (Wildman–Crippen MR) is 81.5 cm³/mol. The Bertz CT molecular complexity index is 560. The lowest BCUT2D eigenvalue weighted by Gasteiger charge is -2.23. The van der Waals surface area contributed by atoms with Crippen molar-refractivity contribution in [3.05, 3.63) is 53.6 Å². The fourth-order valence-corrected chi connectivity index (χ4v) is 2.87. The molecule has 1 aliphatic rings. The van der Waals surface area contributed by atoms with Gasteiger partial charge in [-0.25, -0.2) is 4.98 Å². The number of benzene rings is 1. The lowest BCUT2D eigenvalue weighted by Crippen LogP contribution is -2.29. The second-order valence-electron chi connectivity index (χ2n) is 6.13. The van der Waals surface area contributed by atoms with Crippen molar-refractivity contribution < 1.29 is 0 Å². The van der Waals surface area contributed by atoms with Crippen molar-refractivity contribution in [3.63, 3.8) is 0 Å². The van der Waals surface area contributed by atoms with Gasteiger partial charge in [0.05, 0.1) is 12.0 Å². The van der Waals surface area contributed by atoms with E-state index in [9.17, 15) is 0 Å². The van der Waals surface area contributed by atoms with Crippen LogP contribution in [0.3, 0.4) is 0 Å². The lowest BCUT2D eigenvalue weighted by molar-refractivity contribution is 0.210. The summed E-state index contributed by atoms with van der Waals surface area (Å²) in [5.74, 6) is 0. The molecule has 3 rings (SSSR count). The van der Waals surface area contributed by atoms with Crippen LogP contribution in [0.1, 0.15) is 43.6 Å². The van der Waals surface area contributed by atoms with Crippen LogP contribution in [0.2, 0.25) is 0 Å². The van der Waals surface area contributed by atoms with E-state index in [4.69, 9.17) is 0 Å². The minimum Gasteiger partial charge on any atom is -0.335 e. The van der Waals surface area contributed by atoms with Gasteiger partial charge in [-0.15, -0.1) is 0 Å². The maximum absolute atomic E-state index is 4.53. The molecule has 0 bridgehead atoms. The first kappa shape index (κ1) is 13.4. The summed E-state index contributed by atoms with van der Waals surface area (Å²) < 4.78 is 2.18. The first-order chi connectivity index (χ1) is 9.63. The molecular weight excluding hydrogens is 246 g/mol. The summed E-state index contributed by atoms with van der Waals surface area (Å²) in [4.78, 5) is 7.07. The zero-order valence-electron chi connectivity index (χ0n) is 12.6. The Morgan fingerprint density at radius 1 is 1.10 bits per heavy atom. The molecule has 0 saturated heterocycles. The van der Waals surface area contributed by atoms with Gasteiger partial charge in [0.15, 0.2) is 0 Å². The van der Waals surface area contributed by atoms with E-state index in [1.54, 1.807) is 0 Å². The molecular formula is C17H23N3. The van der Waals surface area contributed by atoms with Crippen LogP contribution < -0.4 is 0 Å². The quantitative estimate of drug-likeness (QED) is 0.848. The zero-order chi connectivity index (χ0) is 14.1. The third-order valence-electron chi connectivity index (χ3n) is 4.24. The highest BCUT2D eigenvalue weighted by Crippen LogP contribution is 2.25. The Balaban J connectivity index is 1.64. The van der Waals surface area contributed by atoms with E-state index in [1.807, 2.05) is 6.33 Å². The van der Waals surface area contributed by atoms with Gasteiger partial charge in [-0.3, -0.25) is 4.90 Å². The lowest BCUT2D eigenvalue weighted by atomic mass is 10.1. The molecule has 1 aromatic carbocycles. The minimum absolute atomic E-state index is 0.489. The van der Waals surface area contributed by atoms with Gasteiger partial charge in [0.2, 0.25) is 0 Å². The van der Waals surface area contributed by atoms with Gasteiger partial charge in [-0.05, 0) is 31.9 Å². The van der Waals surface area contributed by atoms with Crippen LogP contribution in [-0.4, -0.2) is 20.5 Å². The summed E-state index contributed by atoms with van der Waals surface area (Å²) in [6, 6.07) is 9.78. The maximum atomic E-state index is 4.53. The molecule has 1 aromatic heterocycles. The molecule has 1 unspecified atom stereocenters. The van der Waals surface area contributed by atoms with Gasteiger partial charge in [-0.2, -0.15) is 0 Å². The normalized spacial score (nSPS) is 16.6. The number of nitrogens with zero attached hydrogens (tertiary/aromatic N) is 3. The van der Waals surface area contributed by atoms with E-state index in [2.05, 4.69) is 65.7 Å². The van der Waals surface area contributed by atoms with Crippen molar-refractivity contribution in [3.8, 4) is 0 Å². The van der Waals surface area contributed by atoms with E-state index in [0.29, 0.717) is 12.1 Å². The van der Waals surface area contributed by atoms with E-state index in [0.717, 1.165) is 19.5 Å². The molecule has 2 heterocycles. The SMILES string of the molecule is CC(Cc1cn(C(C)C)cn1)N1Cc2ccccc2C1. The van der Waals surface area contributed by atoms with Crippen LogP contribution in [-0.2, 0) is 19.5 Å². The highest BCUT2D eigenvalue weighted by Gasteiger charge is 2.23. The molecule has 106 valence electrons. The van der Waals surface area contributed by atoms with E-state index in [1.165, 1.54) is 16.8 Å². The number of rotatable bonds is 4. The fourth-order valence-electron chi connectivity index (χ4n) is 2.87. The van der Waals surface area contributed by atoms with Crippen molar-refractivity contribution in [2.75, 3.05) is 0 Å². The zero-order valence-corrected chi connectivity index (χ0v) is 12.6. The number of hydrogen-bond acceptors (Lipinski definition) is 2. The summed E-state index contributed by atoms with van der Waals surface area (Å²) >= 11 is 0. The Morgan fingerprint density at radius 3 is 2.30 bits per heavy atom. The monoisotopic (exact) mass is 269 g/mol. The molecule has 0 amide bonds. The molecule has 20 heavy (non-hydrogen) atoms. The van der Waals surface area contributed by atoms with Crippen LogP contribution in [0.4, 0.5) is 0 Å². The smallest absolute Gasteiger partial charge is 0.0951 e. The number of aromatic nitrogens is 2. The van der Waals surface area contributed by atoms with Crippen molar-refractivity contribution >= 4 is 0 Å². The third kappa shape index (κ3) is 2.63. The molecule has 0 N–H and O–H groups in total. The topological polar surface area (TPSA) is 21.1 Å². The highest BCUT2D eigenvalue weighted by molar-refractivity contribution is 5.30. The summed E-state index contributed by atoms with van der Waals surface area (Å²) in [6.45, 7) is 8.82. The predicted octanol–water partition coefficient (Wildman–Crippen LogP) is 3.41. The van der Waals surface area contributed by atoms with Crippen molar-refractivity contribution in [1.29, 1.82) is 0 Å². The Kier molecular flexibility index (Phi) is 3.62. The van der Waals surface area contributed by atoms with Crippen LogP contribution in [0.25, 0.3) is 0 Å². The van der Waals surface area contributed by atoms with E-state index >= 15 is 0 Å². The largest absolute Gasteiger partial charge is 0.335 e. The standard InChI is InChI=1S/C17H23N3/c1-13(2)20-11-17(18-12-20)8-14(3)19-9-15-6-4-5-7-16(15)10-19/h4-7,11-14H,8-10H2,1-3H3. The molecule has 0 fully saturated rings. The molecule has 1 aliphatic heterocycles. The van der Waals surface area contributed by atoms with Gasteiger partial charge < -0.3 is 4.57 Å². The van der Waals surface area contributed by atoms with E-state index in [-0.39, 0.29) is 0 Å². The summed E-state index contributed by atoms with van der Waals surface area (Å²) in [5.41, 5.74) is 4.15. The molecule has 0 aliphatic carbocycles. The van der Waals surface area contributed by atoms with Gasteiger partial charge in [0.1, 0.15) is 0 Å². The van der Waals surface area contributed by atoms with Crippen LogP contribution >= 0.6 is 0 Å². The Labute approximate surface area is 121 Å². The number of imidazole rings is 1. The molecule has 0 radical (unpaired) electrons. The second kappa shape index (κ2) is 5.41. The van der Waals surface area contributed by atoms with Gasteiger partial charge >= 0.3 is 0 Å². The van der Waals surface area contributed by atoms with Crippen molar-refractivity contribution in [2.24, 2.45) is 0 Å². The summed E-state index contributed by atoms with van der Waals surface area (Å²) in [5, 5.41) is 0. The Morgan fingerprint density at radius 2 is 1.75 bits per heavy atom. The maximum Gasteiger partial charge on any atom is 0.0951 e. The Hall–Kier alpha value is -1.61. The molecule has 0 spiro atoms. The molecule has 2 aromatic rings. The average molecular weight is 269 g/mol. The van der Waals surface area contributed by atoms with Crippen LogP contribution in [0.15, 0.2) is 36.8 Å². The fraction of sp³-hybridized carbons (Fsp3) is 0.471. The van der Waals surface area contributed by atoms with Gasteiger partial charge in [-0.1, -0.05) is 24.3 Å².